The Balaban J connectivity index is 2.94. The van der Waals surface area contributed by atoms with E-state index in [-0.39, 0.29) is 0 Å². The van der Waals surface area contributed by atoms with E-state index < -0.39 is 0 Å². The van der Waals surface area contributed by atoms with Crippen molar-refractivity contribution in [1.82, 2.24) is 14.4 Å². The Morgan fingerprint density at radius 2 is 2.23 bits per heavy atom. The average molecular weight is 262 g/mol. The zero-order valence-electron chi connectivity index (χ0n) is 6.75. The van der Waals surface area contributed by atoms with Crippen molar-refractivity contribution in [2.75, 3.05) is 5.73 Å². The first-order valence-electron chi connectivity index (χ1n) is 3.56. The molecule has 2 rings (SSSR count). The lowest BCUT2D eigenvalue weighted by molar-refractivity contribution is 1.11. The molecule has 0 atom stereocenters. The number of imidazole rings is 1. The van der Waals surface area contributed by atoms with Crippen molar-refractivity contribution in [3.8, 4) is 0 Å². The maximum absolute atomic E-state index is 5.77. The summed E-state index contributed by atoms with van der Waals surface area (Å²) in [6.45, 7) is 1.84. The van der Waals surface area contributed by atoms with E-state index in [1.165, 1.54) is 0 Å². The molecule has 2 heterocycles. The Hall–Kier alpha value is -0.810. The second-order valence-corrected chi connectivity index (χ2v) is 3.77. The van der Waals surface area contributed by atoms with Crippen LogP contribution in [0.5, 0.6) is 0 Å². The molecule has 13 heavy (non-hydrogen) atoms. The highest BCUT2D eigenvalue weighted by Crippen LogP contribution is 2.22. The SMILES string of the molecule is Cc1nc2c(Br)nc(Cl)cn2c1N. The Kier molecular flexibility index (Phi) is 1.92. The van der Waals surface area contributed by atoms with Crippen molar-refractivity contribution in [1.29, 1.82) is 0 Å². The van der Waals surface area contributed by atoms with E-state index in [0.29, 0.717) is 21.2 Å². The highest BCUT2D eigenvalue weighted by atomic mass is 79.9. The Morgan fingerprint density at radius 3 is 2.92 bits per heavy atom. The fourth-order valence-corrected chi connectivity index (χ4v) is 1.87. The molecular weight excluding hydrogens is 255 g/mol. The van der Waals surface area contributed by atoms with Gasteiger partial charge in [-0.05, 0) is 22.9 Å². The van der Waals surface area contributed by atoms with Crippen LogP contribution >= 0.6 is 27.5 Å². The highest BCUT2D eigenvalue weighted by Gasteiger charge is 2.09. The predicted octanol–water partition coefficient (Wildman–Crippen LogP) is 2.04. The van der Waals surface area contributed by atoms with Crippen molar-refractivity contribution in [3.05, 3.63) is 21.6 Å². The van der Waals surface area contributed by atoms with Crippen LogP contribution in [0.1, 0.15) is 5.69 Å². The molecule has 0 aliphatic heterocycles. The number of nitrogens with two attached hydrogens (primary N) is 1. The highest BCUT2D eigenvalue weighted by molar-refractivity contribution is 9.10. The second kappa shape index (κ2) is 2.85. The van der Waals surface area contributed by atoms with Gasteiger partial charge in [-0.1, -0.05) is 11.6 Å². The van der Waals surface area contributed by atoms with Crippen molar-refractivity contribution < 1.29 is 0 Å². The van der Waals surface area contributed by atoms with Gasteiger partial charge in [-0.3, -0.25) is 4.40 Å². The zero-order chi connectivity index (χ0) is 9.59. The summed E-state index contributed by atoms with van der Waals surface area (Å²) in [4.78, 5) is 8.22. The number of anilines is 1. The summed E-state index contributed by atoms with van der Waals surface area (Å²) in [5.74, 6) is 0.583. The van der Waals surface area contributed by atoms with Crippen LogP contribution in [-0.4, -0.2) is 14.4 Å². The van der Waals surface area contributed by atoms with E-state index in [2.05, 4.69) is 25.9 Å². The minimum atomic E-state index is 0.378. The molecule has 0 amide bonds. The van der Waals surface area contributed by atoms with Crippen molar-refractivity contribution >= 4 is 39.0 Å². The van der Waals surface area contributed by atoms with Gasteiger partial charge in [0.25, 0.3) is 0 Å². The molecule has 0 spiro atoms. The first kappa shape index (κ1) is 8.77. The molecule has 6 heteroatoms. The van der Waals surface area contributed by atoms with Crippen LogP contribution in [-0.2, 0) is 0 Å². The summed E-state index contributed by atoms with van der Waals surface area (Å²) in [6, 6.07) is 0. The fourth-order valence-electron chi connectivity index (χ4n) is 1.11. The van der Waals surface area contributed by atoms with E-state index in [1.54, 1.807) is 10.6 Å². The van der Waals surface area contributed by atoms with Crippen LogP contribution in [0.4, 0.5) is 5.82 Å². The van der Waals surface area contributed by atoms with Crippen LogP contribution in [0, 0.1) is 6.92 Å². The number of fused-ring (bicyclic) bond motifs is 1. The number of nitrogen functional groups attached to an aromatic ring is 1. The van der Waals surface area contributed by atoms with Gasteiger partial charge >= 0.3 is 0 Å². The molecule has 2 aromatic rings. The molecule has 0 radical (unpaired) electrons. The molecule has 2 aromatic heterocycles. The van der Waals surface area contributed by atoms with Crippen LogP contribution in [0.3, 0.4) is 0 Å². The van der Waals surface area contributed by atoms with E-state index in [9.17, 15) is 0 Å². The van der Waals surface area contributed by atoms with E-state index >= 15 is 0 Å². The summed E-state index contributed by atoms with van der Waals surface area (Å²) < 4.78 is 2.30. The molecule has 4 nitrogen and oxygen atoms in total. The third kappa shape index (κ3) is 1.28. The molecule has 0 saturated heterocycles. The Morgan fingerprint density at radius 1 is 1.54 bits per heavy atom. The summed E-state index contributed by atoms with van der Waals surface area (Å²) >= 11 is 9.02. The molecule has 0 unspecified atom stereocenters. The third-order valence-corrected chi connectivity index (χ3v) is 2.47. The van der Waals surface area contributed by atoms with Crippen LogP contribution in [0.2, 0.25) is 5.15 Å². The summed E-state index contributed by atoms with van der Waals surface area (Å²) in [5.41, 5.74) is 7.22. The molecule has 0 aliphatic rings. The maximum atomic E-state index is 5.77. The number of nitrogens with zero attached hydrogens (tertiary/aromatic N) is 3. The van der Waals surface area contributed by atoms with Crippen molar-refractivity contribution in [3.63, 3.8) is 0 Å². The first-order valence-corrected chi connectivity index (χ1v) is 4.73. The topological polar surface area (TPSA) is 56.2 Å². The van der Waals surface area contributed by atoms with Gasteiger partial charge in [-0.25, -0.2) is 9.97 Å². The Labute approximate surface area is 87.9 Å². The molecule has 0 fully saturated rings. The summed E-state index contributed by atoms with van der Waals surface area (Å²) in [5, 5.41) is 0.378. The van der Waals surface area contributed by atoms with Gasteiger partial charge < -0.3 is 5.73 Å². The minimum absolute atomic E-state index is 0.378. The average Bonchev–Trinajstić information content (AvgIpc) is 2.32. The van der Waals surface area contributed by atoms with Gasteiger partial charge in [0.15, 0.2) is 10.3 Å². The van der Waals surface area contributed by atoms with Gasteiger partial charge in [0.2, 0.25) is 0 Å². The van der Waals surface area contributed by atoms with Gasteiger partial charge in [-0.2, -0.15) is 0 Å². The van der Waals surface area contributed by atoms with E-state index in [0.717, 1.165) is 5.69 Å². The number of halogens is 2. The predicted molar refractivity (Wildman–Crippen MR) is 54.8 cm³/mol. The number of aromatic nitrogens is 3. The lowest BCUT2D eigenvalue weighted by atomic mass is 10.5. The van der Waals surface area contributed by atoms with Gasteiger partial charge in [0, 0.05) is 6.20 Å². The van der Waals surface area contributed by atoms with Crippen LogP contribution in [0.15, 0.2) is 10.8 Å². The molecule has 68 valence electrons. The third-order valence-electron chi connectivity index (χ3n) is 1.76. The smallest absolute Gasteiger partial charge is 0.172 e. The monoisotopic (exact) mass is 260 g/mol. The summed E-state index contributed by atoms with van der Waals surface area (Å²) in [6.07, 6.45) is 1.64. The molecule has 2 N–H and O–H groups in total. The normalized spacial score (nSPS) is 11.0. The number of hydrogen-bond donors (Lipinski definition) is 1. The Bertz CT molecular complexity index is 479. The van der Waals surface area contributed by atoms with Crippen molar-refractivity contribution in [2.45, 2.75) is 6.92 Å². The summed E-state index contributed by atoms with van der Waals surface area (Å²) in [7, 11) is 0. The van der Waals surface area contributed by atoms with Crippen molar-refractivity contribution in [2.24, 2.45) is 0 Å². The lowest BCUT2D eigenvalue weighted by Gasteiger charge is -1.98. The number of rotatable bonds is 0. The maximum Gasteiger partial charge on any atom is 0.172 e. The van der Waals surface area contributed by atoms with Gasteiger partial charge in [-0.15, -0.1) is 0 Å². The largest absolute Gasteiger partial charge is 0.383 e. The first-order chi connectivity index (χ1) is 6.09. The number of hydrogen-bond acceptors (Lipinski definition) is 3. The fraction of sp³-hybridized carbons (Fsp3) is 0.143. The van der Waals surface area contributed by atoms with Gasteiger partial charge in [0.1, 0.15) is 11.0 Å². The van der Waals surface area contributed by atoms with E-state index in [1.807, 2.05) is 6.92 Å². The molecule has 0 bridgehead atoms. The zero-order valence-corrected chi connectivity index (χ0v) is 9.09. The lowest BCUT2D eigenvalue weighted by Crippen LogP contribution is -1.95. The van der Waals surface area contributed by atoms with Gasteiger partial charge in [0.05, 0.1) is 5.69 Å². The molecule has 0 aliphatic carbocycles. The molecular formula is C7H6BrClN4. The molecule has 0 saturated carbocycles. The van der Waals surface area contributed by atoms with E-state index in [4.69, 9.17) is 17.3 Å². The minimum Gasteiger partial charge on any atom is -0.383 e. The van der Waals surface area contributed by atoms with Crippen LogP contribution < -0.4 is 5.73 Å². The second-order valence-electron chi connectivity index (χ2n) is 2.63. The van der Waals surface area contributed by atoms with Crippen LogP contribution in [0.25, 0.3) is 5.65 Å². The number of aryl methyl sites for hydroxylation is 1. The quantitative estimate of drug-likeness (QED) is 0.789. The standard InChI is InChI=1S/C7H6BrClN4/c1-3-6(10)13-2-4(9)12-5(8)7(13)11-3/h2H,10H2,1H3. The molecule has 0 aromatic carbocycles.